The van der Waals surface area contributed by atoms with Gasteiger partial charge < -0.3 is 4.90 Å². The number of hydrogen-bond acceptors (Lipinski definition) is 1. The molecule has 0 spiro atoms. The summed E-state index contributed by atoms with van der Waals surface area (Å²) in [5.74, 6) is 0.195. The van der Waals surface area contributed by atoms with Gasteiger partial charge in [0.1, 0.15) is 0 Å². The largest absolute Gasteiger partial charge is 0.343 e. The molecule has 1 aromatic rings. The Labute approximate surface area is 116 Å². The van der Waals surface area contributed by atoms with Gasteiger partial charge in [-0.05, 0) is 44.1 Å². The molecule has 1 aliphatic carbocycles. The highest BCUT2D eigenvalue weighted by Gasteiger charge is 2.38. The lowest BCUT2D eigenvalue weighted by Gasteiger charge is -2.43. The summed E-state index contributed by atoms with van der Waals surface area (Å²) < 4.78 is 0. The molecule has 0 unspecified atom stereocenters. The van der Waals surface area contributed by atoms with Crippen LogP contribution >= 0.6 is 0 Å². The minimum atomic E-state index is 0.195. The average molecular weight is 259 g/mol. The van der Waals surface area contributed by atoms with Gasteiger partial charge in [0.2, 0.25) is 5.91 Å². The maximum atomic E-state index is 11.5. The second-order valence-electron chi connectivity index (χ2n) is 5.85. The molecule has 1 amide bonds. The van der Waals surface area contributed by atoms with Gasteiger partial charge >= 0.3 is 0 Å². The molecule has 2 heteroatoms. The van der Waals surface area contributed by atoms with Crippen LogP contribution in [0, 0.1) is 6.92 Å². The van der Waals surface area contributed by atoms with E-state index in [1.807, 2.05) is 4.90 Å². The van der Waals surface area contributed by atoms with E-state index in [1.165, 1.54) is 30.4 Å². The first-order valence-corrected chi connectivity index (χ1v) is 7.40. The van der Waals surface area contributed by atoms with Crippen molar-refractivity contribution in [2.45, 2.75) is 51.9 Å². The van der Waals surface area contributed by atoms with E-state index in [0.29, 0.717) is 5.41 Å². The molecule has 1 aromatic carbocycles. The van der Waals surface area contributed by atoms with Crippen LogP contribution in [0.3, 0.4) is 0 Å². The first-order valence-electron chi connectivity index (χ1n) is 7.40. The minimum Gasteiger partial charge on any atom is -0.343 e. The van der Waals surface area contributed by atoms with E-state index in [-0.39, 0.29) is 5.91 Å². The molecule has 104 valence electrons. The first-order chi connectivity index (χ1) is 9.07. The molecule has 0 radical (unpaired) electrons. The fourth-order valence-electron chi connectivity index (χ4n) is 3.08. The lowest BCUT2D eigenvalue weighted by atomic mass is 9.62. The molecular weight excluding hydrogens is 234 g/mol. The molecular formula is C17H25NO. The summed E-state index contributed by atoms with van der Waals surface area (Å²) in [5.41, 5.74) is 3.11. The van der Waals surface area contributed by atoms with E-state index in [9.17, 15) is 4.79 Å². The molecule has 2 rings (SSSR count). The summed E-state index contributed by atoms with van der Waals surface area (Å²) in [5, 5.41) is 0. The van der Waals surface area contributed by atoms with E-state index in [4.69, 9.17) is 0 Å². The minimum absolute atomic E-state index is 0.195. The summed E-state index contributed by atoms with van der Waals surface area (Å²) >= 11 is 0. The molecule has 0 saturated heterocycles. The number of amides is 1. The molecule has 0 N–H and O–H groups in total. The maximum absolute atomic E-state index is 11.5. The highest BCUT2D eigenvalue weighted by Crippen LogP contribution is 2.46. The molecule has 0 atom stereocenters. The normalized spacial score (nSPS) is 16.8. The highest BCUT2D eigenvalue weighted by atomic mass is 16.2. The third-order valence-corrected chi connectivity index (χ3v) is 4.66. The summed E-state index contributed by atoms with van der Waals surface area (Å²) in [4.78, 5) is 13.5. The van der Waals surface area contributed by atoms with Crippen molar-refractivity contribution in [2.24, 2.45) is 0 Å². The van der Waals surface area contributed by atoms with Crippen molar-refractivity contribution in [2.75, 3.05) is 13.1 Å². The molecule has 1 aliphatic rings. The topological polar surface area (TPSA) is 20.3 Å². The van der Waals surface area contributed by atoms with Crippen LogP contribution in [0.1, 0.15) is 50.7 Å². The number of benzene rings is 1. The molecule has 1 saturated carbocycles. The van der Waals surface area contributed by atoms with Gasteiger partial charge in [-0.2, -0.15) is 0 Å². The quantitative estimate of drug-likeness (QED) is 0.790. The van der Waals surface area contributed by atoms with E-state index >= 15 is 0 Å². The lowest BCUT2D eigenvalue weighted by Crippen LogP contribution is -2.39. The molecule has 1 fully saturated rings. The van der Waals surface area contributed by atoms with Gasteiger partial charge in [0.25, 0.3) is 0 Å². The Hall–Kier alpha value is -1.31. The van der Waals surface area contributed by atoms with Gasteiger partial charge in [-0.15, -0.1) is 0 Å². The predicted molar refractivity (Wildman–Crippen MR) is 79.3 cm³/mol. The summed E-state index contributed by atoms with van der Waals surface area (Å²) in [7, 11) is 0. The number of rotatable bonds is 5. The van der Waals surface area contributed by atoms with Crippen molar-refractivity contribution in [1.29, 1.82) is 0 Å². The highest BCUT2D eigenvalue weighted by molar-refractivity contribution is 5.73. The Bertz CT molecular complexity index is 431. The molecule has 0 aliphatic heterocycles. The zero-order valence-electron chi connectivity index (χ0n) is 12.4. The molecule has 2 nitrogen and oxygen atoms in total. The third kappa shape index (κ3) is 2.99. The van der Waals surface area contributed by atoms with E-state index < -0.39 is 0 Å². The third-order valence-electron chi connectivity index (χ3n) is 4.66. The first kappa shape index (κ1) is 14.1. The number of aryl methyl sites for hydroxylation is 1. The summed E-state index contributed by atoms with van der Waals surface area (Å²) in [6.45, 7) is 7.56. The summed E-state index contributed by atoms with van der Waals surface area (Å²) in [6, 6.07) is 8.97. The molecule has 0 heterocycles. The van der Waals surface area contributed by atoms with Gasteiger partial charge in [-0.3, -0.25) is 4.79 Å². The van der Waals surface area contributed by atoms with Crippen molar-refractivity contribution in [3.05, 3.63) is 35.4 Å². The van der Waals surface area contributed by atoms with Crippen molar-refractivity contribution < 1.29 is 4.79 Å². The van der Waals surface area contributed by atoms with Crippen LogP contribution in [-0.4, -0.2) is 23.9 Å². The van der Waals surface area contributed by atoms with Crippen LogP contribution in [0.25, 0.3) is 0 Å². The van der Waals surface area contributed by atoms with Crippen molar-refractivity contribution in [3.63, 3.8) is 0 Å². The van der Waals surface area contributed by atoms with Gasteiger partial charge in [-0.1, -0.05) is 36.2 Å². The number of carbonyl (C=O) groups is 1. The summed E-state index contributed by atoms with van der Waals surface area (Å²) in [6.07, 6.45) is 4.96. The van der Waals surface area contributed by atoms with Crippen LogP contribution < -0.4 is 0 Å². The fraction of sp³-hybridized carbons (Fsp3) is 0.588. The van der Waals surface area contributed by atoms with Crippen LogP contribution in [0.15, 0.2) is 24.3 Å². The second-order valence-corrected chi connectivity index (χ2v) is 5.85. The van der Waals surface area contributed by atoms with Crippen molar-refractivity contribution in [3.8, 4) is 0 Å². The Morgan fingerprint density at radius 2 is 1.89 bits per heavy atom. The van der Waals surface area contributed by atoms with Crippen LogP contribution in [0.4, 0.5) is 0 Å². The van der Waals surface area contributed by atoms with E-state index in [2.05, 4.69) is 38.1 Å². The van der Waals surface area contributed by atoms with Crippen LogP contribution in [0.5, 0.6) is 0 Å². The van der Waals surface area contributed by atoms with Gasteiger partial charge in [0, 0.05) is 20.0 Å². The number of carbonyl (C=O) groups excluding carboxylic acids is 1. The second kappa shape index (κ2) is 5.77. The Morgan fingerprint density at radius 3 is 2.32 bits per heavy atom. The van der Waals surface area contributed by atoms with Gasteiger partial charge in [0.15, 0.2) is 0 Å². The Balaban J connectivity index is 2.06. The van der Waals surface area contributed by atoms with Crippen LogP contribution in [0.2, 0.25) is 0 Å². The standard InChI is InChI=1S/C17H25NO/c1-4-18(15(3)19)13-12-17(10-5-11-17)16-8-6-14(2)7-9-16/h6-9H,4-5,10-13H2,1-3H3. The fourth-order valence-corrected chi connectivity index (χ4v) is 3.08. The zero-order chi connectivity index (χ0) is 13.9. The maximum Gasteiger partial charge on any atom is 0.219 e. The number of hydrogen-bond donors (Lipinski definition) is 0. The zero-order valence-corrected chi connectivity index (χ0v) is 12.4. The number of nitrogens with zero attached hydrogens (tertiary/aromatic N) is 1. The van der Waals surface area contributed by atoms with Gasteiger partial charge in [-0.25, -0.2) is 0 Å². The van der Waals surface area contributed by atoms with Crippen molar-refractivity contribution in [1.82, 2.24) is 4.90 Å². The Kier molecular flexibility index (Phi) is 4.28. The van der Waals surface area contributed by atoms with Crippen LogP contribution in [-0.2, 0) is 10.2 Å². The van der Waals surface area contributed by atoms with E-state index in [0.717, 1.165) is 19.5 Å². The lowest BCUT2D eigenvalue weighted by molar-refractivity contribution is -0.129. The smallest absolute Gasteiger partial charge is 0.219 e. The average Bonchev–Trinajstić information content (AvgIpc) is 2.34. The monoisotopic (exact) mass is 259 g/mol. The Morgan fingerprint density at radius 1 is 1.26 bits per heavy atom. The SMILES string of the molecule is CCN(CCC1(c2ccc(C)cc2)CCC1)C(C)=O. The van der Waals surface area contributed by atoms with Gasteiger partial charge in [0.05, 0.1) is 0 Å². The molecule has 0 aromatic heterocycles. The molecule has 0 bridgehead atoms. The van der Waals surface area contributed by atoms with Crippen molar-refractivity contribution >= 4 is 5.91 Å². The van der Waals surface area contributed by atoms with E-state index in [1.54, 1.807) is 6.92 Å². The molecule has 19 heavy (non-hydrogen) atoms. The predicted octanol–water partition coefficient (Wildman–Crippen LogP) is 3.68.